The summed E-state index contributed by atoms with van der Waals surface area (Å²) in [5, 5.41) is 14.8. The van der Waals surface area contributed by atoms with Crippen LogP contribution < -0.4 is 14.8 Å². The molecule has 5 rings (SSSR count). The molecule has 0 saturated heterocycles. The summed E-state index contributed by atoms with van der Waals surface area (Å²) in [4.78, 5) is 25.9. The molecule has 0 aliphatic carbocycles. The van der Waals surface area contributed by atoms with Crippen LogP contribution in [0.3, 0.4) is 0 Å². The molecule has 0 fully saturated rings. The number of nitrogens with one attached hydrogen (secondary N) is 1. The monoisotopic (exact) mass is 437 g/mol. The maximum atomic E-state index is 13.4. The van der Waals surface area contributed by atoms with E-state index in [0.717, 1.165) is 5.56 Å². The van der Waals surface area contributed by atoms with Crippen LogP contribution >= 0.6 is 11.6 Å². The number of halogens is 1. The van der Waals surface area contributed by atoms with E-state index in [1.807, 2.05) is 24.3 Å². The zero-order chi connectivity index (χ0) is 21.5. The number of fused-ring (bicyclic) bond motifs is 2. The molecule has 3 aromatic rings. The third-order valence-corrected chi connectivity index (χ3v) is 5.61. The van der Waals surface area contributed by atoms with Gasteiger partial charge in [-0.15, -0.1) is 0 Å². The van der Waals surface area contributed by atoms with E-state index in [2.05, 4.69) is 5.32 Å². The van der Waals surface area contributed by atoms with Crippen LogP contribution in [-0.2, 0) is 6.54 Å². The van der Waals surface area contributed by atoms with Gasteiger partial charge in [-0.1, -0.05) is 35.9 Å². The minimum Gasteiger partial charge on any atom is -0.454 e. The van der Waals surface area contributed by atoms with Crippen LogP contribution in [0, 0.1) is 10.1 Å². The van der Waals surface area contributed by atoms with E-state index in [1.54, 1.807) is 29.2 Å². The van der Waals surface area contributed by atoms with Crippen molar-refractivity contribution in [2.24, 2.45) is 0 Å². The molecule has 0 aromatic heterocycles. The Bertz CT molecular complexity index is 1220. The summed E-state index contributed by atoms with van der Waals surface area (Å²) in [5.41, 5.74) is 2.38. The maximum absolute atomic E-state index is 13.4. The lowest BCUT2D eigenvalue weighted by Crippen LogP contribution is -2.42. The van der Waals surface area contributed by atoms with Crippen molar-refractivity contribution in [1.29, 1.82) is 0 Å². The lowest BCUT2D eigenvalue weighted by Gasteiger charge is -2.38. The van der Waals surface area contributed by atoms with Gasteiger partial charge in [-0.25, -0.2) is 0 Å². The molecule has 9 heteroatoms. The normalized spacial score (nSPS) is 16.6. The highest BCUT2D eigenvalue weighted by Crippen LogP contribution is 2.38. The molecule has 3 aromatic carbocycles. The van der Waals surface area contributed by atoms with Crippen LogP contribution in [-0.4, -0.2) is 22.5 Å². The van der Waals surface area contributed by atoms with E-state index in [4.69, 9.17) is 21.1 Å². The highest BCUT2D eigenvalue weighted by molar-refractivity contribution is 6.32. The summed E-state index contributed by atoms with van der Waals surface area (Å²) in [6, 6.07) is 17.2. The highest BCUT2D eigenvalue weighted by atomic mass is 35.5. The number of carbonyl (C=O) groups excluding carboxylic acids is 1. The second-order valence-electron chi connectivity index (χ2n) is 7.18. The van der Waals surface area contributed by atoms with Gasteiger partial charge >= 0.3 is 0 Å². The number of rotatable bonds is 4. The van der Waals surface area contributed by atoms with E-state index in [0.29, 0.717) is 28.3 Å². The second-order valence-corrected chi connectivity index (χ2v) is 7.59. The van der Waals surface area contributed by atoms with E-state index >= 15 is 0 Å². The summed E-state index contributed by atoms with van der Waals surface area (Å²) in [6.45, 7) is 0.422. The summed E-state index contributed by atoms with van der Waals surface area (Å²) in [7, 11) is 0. The lowest BCUT2D eigenvalue weighted by molar-refractivity contribution is -0.384. The number of ether oxygens (including phenoxy) is 2. The van der Waals surface area contributed by atoms with Crippen molar-refractivity contribution < 1.29 is 19.2 Å². The maximum Gasteiger partial charge on any atom is 0.288 e. The van der Waals surface area contributed by atoms with Gasteiger partial charge in [-0.2, -0.15) is 0 Å². The van der Waals surface area contributed by atoms with Crippen molar-refractivity contribution in [2.75, 3.05) is 12.1 Å². The number of amides is 1. The molecule has 1 unspecified atom stereocenters. The van der Waals surface area contributed by atoms with Gasteiger partial charge in [0.15, 0.2) is 11.5 Å². The predicted octanol–water partition coefficient (Wildman–Crippen LogP) is 4.74. The Balaban J connectivity index is 1.56. The first-order valence-electron chi connectivity index (χ1n) is 9.50. The van der Waals surface area contributed by atoms with Gasteiger partial charge < -0.3 is 19.7 Å². The van der Waals surface area contributed by atoms with Crippen molar-refractivity contribution in [3.63, 3.8) is 0 Å². The number of nitrogens with zero attached hydrogens (tertiary/aromatic N) is 2. The topological polar surface area (TPSA) is 93.9 Å². The molecule has 31 heavy (non-hydrogen) atoms. The number of benzene rings is 3. The Labute approximate surface area is 182 Å². The van der Waals surface area contributed by atoms with Crippen LogP contribution in [0.2, 0.25) is 5.02 Å². The van der Waals surface area contributed by atoms with Crippen molar-refractivity contribution in [2.45, 2.75) is 12.7 Å². The molecule has 0 radical (unpaired) electrons. The van der Waals surface area contributed by atoms with Gasteiger partial charge in [0.1, 0.15) is 11.2 Å². The first kappa shape index (κ1) is 19.2. The number of nitro benzene ring substituents is 1. The van der Waals surface area contributed by atoms with Crippen LogP contribution in [0.5, 0.6) is 11.5 Å². The Morgan fingerprint density at radius 1 is 1.10 bits per heavy atom. The second kappa shape index (κ2) is 7.48. The van der Waals surface area contributed by atoms with E-state index in [1.165, 1.54) is 12.1 Å². The summed E-state index contributed by atoms with van der Waals surface area (Å²) in [6.07, 6.45) is -0.621. The fourth-order valence-corrected chi connectivity index (χ4v) is 3.98. The van der Waals surface area contributed by atoms with Gasteiger partial charge in [0.25, 0.3) is 11.6 Å². The van der Waals surface area contributed by atoms with Crippen molar-refractivity contribution in [3.8, 4) is 11.5 Å². The molecule has 1 amide bonds. The third-order valence-electron chi connectivity index (χ3n) is 5.29. The molecule has 2 heterocycles. The van der Waals surface area contributed by atoms with Gasteiger partial charge in [-0.3, -0.25) is 14.9 Å². The average molecular weight is 438 g/mol. The molecular weight excluding hydrogens is 422 g/mol. The molecule has 2 aliphatic heterocycles. The van der Waals surface area contributed by atoms with Crippen molar-refractivity contribution in [3.05, 3.63) is 92.5 Å². The number of nitro groups is 1. The van der Waals surface area contributed by atoms with Gasteiger partial charge in [0.2, 0.25) is 6.79 Å². The third kappa shape index (κ3) is 3.40. The first-order chi connectivity index (χ1) is 15.0. The van der Waals surface area contributed by atoms with Crippen molar-refractivity contribution >= 4 is 28.9 Å². The summed E-state index contributed by atoms with van der Waals surface area (Å²) in [5.74, 6) is 1.09. The van der Waals surface area contributed by atoms with Crippen LogP contribution in [0.4, 0.5) is 11.4 Å². The van der Waals surface area contributed by atoms with Gasteiger partial charge in [0.05, 0.1) is 10.5 Å². The van der Waals surface area contributed by atoms with Gasteiger partial charge in [-0.05, 0) is 35.9 Å². The number of para-hydroxylation sites is 1. The fraction of sp³-hybridized carbons (Fsp3) is 0.136. The lowest BCUT2D eigenvalue weighted by atomic mass is 10.0. The molecule has 2 aliphatic rings. The molecule has 1 N–H and O–H groups in total. The molecule has 8 nitrogen and oxygen atoms in total. The van der Waals surface area contributed by atoms with Gasteiger partial charge in [0, 0.05) is 23.9 Å². The minimum atomic E-state index is -0.621. The number of hydrogen-bond donors (Lipinski definition) is 1. The minimum absolute atomic E-state index is 0.0404. The van der Waals surface area contributed by atoms with E-state index in [9.17, 15) is 14.9 Å². The standard InChI is InChI=1S/C22H16ClN3O5/c23-16-7-6-14(10-18(16)26(28)29)21-24-17-4-2-1-3-15(17)22(27)25(21)11-13-5-8-19-20(9-13)31-12-30-19/h1-10,21,24H,11-12H2. The first-order valence-corrected chi connectivity index (χ1v) is 9.88. The zero-order valence-corrected chi connectivity index (χ0v) is 16.8. The zero-order valence-electron chi connectivity index (χ0n) is 16.1. The molecule has 0 saturated carbocycles. The number of hydrogen-bond acceptors (Lipinski definition) is 6. The Hall–Kier alpha value is -3.78. The Morgan fingerprint density at radius 3 is 2.74 bits per heavy atom. The Kier molecular flexibility index (Phi) is 4.63. The smallest absolute Gasteiger partial charge is 0.288 e. The van der Waals surface area contributed by atoms with Crippen LogP contribution in [0.1, 0.15) is 27.7 Å². The largest absolute Gasteiger partial charge is 0.454 e. The van der Waals surface area contributed by atoms with E-state index in [-0.39, 0.29) is 30.0 Å². The molecular formula is C22H16ClN3O5. The average Bonchev–Trinajstić information content (AvgIpc) is 3.24. The Morgan fingerprint density at radius 2 is 1.90 bits per heavy atom. The van der Waals surface area contributed by atoms with Crippen molar-refractivity contribution in [1.82, 2.24) is 4.90 Å². The highest BCUT2D eigenvalue weighted by Gasteiger charge is 2.34. The number of carbonyl (C=O) groups is 1. The quantitative estimate of drug-likeness (QED) is 0.468. The molecule has 0 spiro atoms. The SMILES string of the molecule is O=C1c2ccccc2NC(c2ccc(Cl)c([N+](=O)[O-])c2)N1Cc1ccc2c(c1)OCO2. The van der Waals surface area contributed by atoms with Crippen LogP contribution in [0.25, 0.3) is 0 Å². The van der Waals surface area contributed by atoms with Crippen LogP contribution in [0.15, 0.2) is 60.7 Å². The predicted molar refractivity (Wildman–Crippen MR) is 113 cm³/mol. The van der Waals surface area contributed by atoms with E-state index < -0.39 is 11.1 Å². The summed E-state index contributed by atoms with van der Waals surface area (Å²) < 4.78 is 10.8. The molecule has 0 bridgehead atoms. The molecule has 156 valence electrons. The number of anilines is 1. The fourth-order valence-electron chi connectivity index (χ4n) is 3.79. The summed E-state index contributed by atoms with van der Waals surface area (Å²) >= 11 is 5.99. The molecule has 1 atom stereocenters.